The molecule has 0 radical (unpaired) electrons. The summed E-state index contributed by atoms with van der Waals surface area (Å²) in [5, 5.41) is 12.3. The summed E-state index contributed by atoms with van der Waals surface area (Å²) in [5.74, 6) is -0.184. The van der Waals surface area contributed by atoms with Gasteiger partial charge in [-0.05, 0) is 35.7 Å². The minimum absolute atomic E-state index is 0.0170. The normalized spacial score (nSPS) is 12.2. The first-order valence-corrected chi connectivity index (χ1v) is 9.85. The van der Waals surface area contributed by atoms with Gasteiger partial charge in [0.05, 0.1) is 18.2 Å². The number of aliphatic hydroxyl groups excluding tert-OH is 1. The van der Waals surface area contributed by atoms with Crippen molar-refractivity contribution in [3.05, 3.63) is 77.9 Å². The van der Waals surface area contributed by atoms with Gasteiger partial charge >= 0.3 is 5.97 Å². The number of para-hydroxylation sites is 1. The molecule has 0 fully saturated rings. The predicted octanol–water partition coefficient (Wildman–Crippen LogP) is 5.27. The quantitative estimate of drug-likeness (QED) is 0.456. The zero-order valence-corrected chi connectivity index (χ0v) is 17.0. The summed E-state index contributed by atoms with van der Waals surface area (Å²) >= 11 is 1.45. The highest BCUT2D eigenvalue weighted by Gasteiger charge is 2.23. The molecule has 3 rings (SSSR count). The van der Waals surface area contributed by atoms with E-state index in [1.54, 1.807) is 0 Å². The minimum Gasteiger partial charge on any atom is -0.466 e. The van der Waals surface area contributed by atoms with E-state index in [-0.39, 0.29) is 5.57 Å². The van der Waals surface area contributed by atoms with Gasteiger partial charge in [-0.15, -0.1) is 0 Å². The van der Waals surface area contributed by atoms with E-state index in [2.05, 4.69) is 32.6 Å². The molecule has 0 saturated heterocycles. The Bertz CT molecular complexity index is 1010. The van der Waals surface area contributed by atoms with E-state index in [1.807, 2.05) is 42.5 Å². The molecule has 0 aliphatic rings. The molecule has 144 valence electrons. The fourth-order valence-corrected chi connectivity index (χ4v) is 3.78. The van der Waals surface area contributed by atoms with Crippen LogP contribution in [0.5, 0.6) is 0 Å². The van der Waals surface area contributed by atoms with Crippen molar-refractivity contribution in [3.63, 3.8) is 0 Å². The number of ether oxygens (including phenoxy) is 1. The van der Waals surface area contributed by atoms with Gasteiger partial charge in [0.2, 0.25) is 0 Å². The lowest BCUT2D eigenvalue weighted by Gasteiger charge is -2.17. The topological polar surface area (TPSA) is 59.4 Å². The molecule has 1 heterocycles. The van der Waals surface area contributed by atoms with Crippen molar-refractivity contribution in [2.75, 3.05) is 7.11 Å². The zero-order chi connectivity index (χ0) is 20.3. The van der Waals surface area contributed by atoms with E-state index in [0.717, 1.165) is 15.8 Å². The molecule has 0 bridgehead atoms. The summed E-state index contributed by atoms with van der Waals surface area (Å²) in [7, 11) is 1.27. The molecule has 1 atom stereocenters. The van der Waals surface area contributed by atoms with Gasteiger partial charge in [-0.2, -0.15) is 0 Å². The second kappa shape index (κ2) is 8.59. The third-order valence-electron chi connectivity index (χ3n) is 4.55. The number of methoxy groups -OCH3 is 1. The fraction of sp³-hybridized carbons (Fsp3) is 0.217. The number of hydrogen-bond acceptors (Lipinski definition) is 5. The first-order valence-electron chi connectivity index (χ1n) is 9.03. The highest BCUT2D eigenvalue weighted by molar-refractivity contribution is 7.99. The molecular weight excluding hydrogens is 370 g/mol. The van der Waals surface area contributed by atoms with Crippen LogP contribution in [0.25, 0.3) is 10.9 Å². The Morgan fingerprint density at radius 1 is 1.14 bits per heavy atom. The van der Waals surface area contributed by atoms with Crippen molar-refractivity contribution in [3.8, 4) is 0 Å². The minimum atomic E-state index is -1.19. The predicted molar refractivity (Wildman–Crippen MR) is 113 cm³/mol. The summed E-state index contributed by atoms with van der Waals surface area (Å²) in [6, 6.07) is 17.8. The van der Waals surface area contributed by atoms with Crippen molar-refractivity contribution >= 4 is 28.6 Å². The standard InChI is InChI=1S/C23H23NO3S/c1-14(2)16-9-11-18(12-10-16)28-22-19(21(25)15(3)23(26)27-4)13-17-7-5-6-8-20(17)24-22/h5-14,21,25H,3H2,1-2,4H3. The number of fused-ring (bicyclic) bond motifs is 1. The van der Waals surface area contributed by atoms with Crippen LogP contribution in [0.4, 0.5) is 0 Å². The lowest BCUT2D eigenvalue weighted by atomic mass is 10.0. The molecule has 0 amide bonds. The van der Waals surface area contributed by atoms with Crippen LogP contribution in [0, 0.1) is 0 Å². The first-order chi connectivity index (χ1) is 13.4. The number of rotatable bonds is 6. The number of carbonyl (C=O) groups is 1. The molecule has 1 N–H and O–H groups in total. The molecule has 0 aliphatic heterocycles. The van der Waals surface area contributed by atoms with Crippen LogP contribution in [-0.4, -0.2) is 23.2 Å². The molecular formula is C23H23NO3S. The fourth-order valence-electron chi connectivity index (χ4n) is 2.86. The Morgan fingerprint density at radius 3 is 2.46 bits per heavy atom. The molecule has 28 heavy (non-hydrogen) atoms. The molecule has 0 spiro atoms. The maximum absolute atomic E-state index is 11.9. The number of hydrogen-bond donors (Lipinski definition) is 1. The highest BCUT2D eigenvalue weighted by Crippen LogP contribution is 2.36. The van der Waals surface area contributed by atoms with E-state index in [0.29, 0.717) is 16.5 Å². The Hall–Kier alpha value is -2.63. The number of esters is 1. The van der Waals surface area contributed by atoms with Crippen molar-refractivity contribution in [1.82, 2.24) is 4.98 Å². The van der Waals surface area contributed by atoms with Crippen molar-refractivity contribution in [2.24, 2.45) is 0 Å². The van der Waals surface area contributed by atoms with E-state index in [4.69, 9.17) is 9.72 Å². The SMILES string of the molecule is C=C(C(=O)OC)C(O)c1cc2ccccc2nc1Sc1ccc(C(C)C)cc1. The summed E-state index contributed by atoms with van der Waals surface area (Å²) in [6.45, 7) is 8.00. The van der Waals surface area contributed by atoms with Crippen LogP contribution >= 0.6 is 11.8 Å². The van der Waals surface area contributed by atoms with Crippen molar-refractivity contribution in [1.29, 1.82) is 0 Å². The van der Waals surface area contributed by atoms with Gasteiger partial charge in [-0.3, -0.25) is 0 Å². The summed E-state index contributed by atoms with van der Waals surface area (Å²) in [5.41, 5.74) is 2.60. The van der Waals surface area contributed by atoms with Crippen LogP contribution < -0.4 is 0 Å². The van der Waals surface area contributed by atoms with Gasteiger partial charge in [0.25, 0.3) is 0 Å². The lowest BCUT2D eigenvalue weighted by Crippen LogP contribution is -2.13. The zero-order valence-electron chi connectivity index (χ0n) is 16.2. The van der Waals surface area contributed by atoms with E-state index < -0.39 is 12.1 Å². The first kappa shape index (κ1) is 20.1. The molecule has 5 heteroatoms. The van der Waals surface area contributed by atoms with Crippen LogP contribution in [-0.2, 0) is 9.53 Å². The monoisotopic (exact) mass is 393 g/mol. The van der Waals surface area contributed by atoms with Crippen LogP contribution in [0.3, 0.4) is 0 Å². The second-order valence-electron chi connectivity index (χ2n) is 6.82. The largest absolute Gasteiger partial charge is 0.466 e. The lowest BCUT2D eigenvalue weighted by molar-refractivity contribution is -0.137. The number of nitrogens with zero attached hydrogens (tertiary/aromatic N) is 1. The molecule has 1 unspecified atom stereocenters. The van der Waals surface area contributed by atoms with Crippen molar-refractivity contribution in [2.45, 2.75) is 35.8 Å². The van der Waals surface area contributed by atoms with Crippen LogP contribution in [0.1, 0.15) is 37.0 Å². The number of pyridine rings is 1. The van der Waals surface area contributed by atoms with Crippen molar-refractivity contribution < 1.29 is 14.6 Å². The summed E-state index contributed by atoms with van der Waals surface area (Å²) in [6.07, 6.45) is -1.19. The van der Waals surface area contributed by atoms with Gasteiger partial charge in [-0.25, -0.2) is 9.78 Å². The second-order valence-corrected chi connectivity index (χ2v) is 7.88. The third-order valence-corrected chi connectivity index (χ3v) is 5.58. The van der Waals surface area contributed by atoms with Crippen LogP contribution in [0.15, 0.2) is 76.7 Å². The van der Waals surface area contributed by atoms with Crippen LogP contribution in [0.2, 0.25) is 0 Å². The van der Waals surface area contributed by atoms with Gasteiger partial charge in [-0.1, -0.05) is 62.5 Å². The average Bonchev–Trinajstić information content (AvgIpc) is 2.72. The number of carbonyl (C=O) groups excluding carboxylic acids is 1. The number of benzene rings is 2. The molecule has 0 saturated carbocycles. The summed E-state index contributed by atoms with van der Waals surface area (Å²) in [4.78, 5) is 17.6. The van der Waals surface area contributed by atoms with Gasteiger partial charge in [0.15, 0.2) is 0 Å². The average molecular weight is 394 g/mol. The maximum Gasteiger partial charge on any atom is 0.336 e. The molecule has 2 aromatic carbocycles. The maximum atomic E-state index is 11.9. The highest BCUT2D eigenvalue weighted by atomic mass is 32.2. The Morgan fingerprint density at radius 2 is 1.82 bits per heavy atom. The Balaban J connectivity index is 2.03. The Kier molecular flexibility index (Phi) is 6.17. The third kappa shape index (κ3) is 4.26. The number of aliphatic hydroxyl groups is 1. The summed E-state index contributed by atoms with van der Waals surface area (Å²) < 4.78 is 4.71. The molecule has 1 aromatic heterocycles. The molecule has 0 aliphatic carbocycles. The number of aromatic nitrogens is 1. The van der Waals surface area contributed by atoms with Gasteiger partial charge < -0.3 is 9.84 Å². The smallest absolute Gasteiger partial charge is 0.336 e. The van der Waals surface area contributed by atoms with Gasteiger partial charge in [0.1, 0.15) is 11.1 Å². The van der Waals surface area contributed by atoms with E-state index in [9.17, 15) is 9.90 Å². The van der Waals surface area contributed by atoms with E-state index >= 15 is 0 Å². The molecule has 4 nitrogen and oxygen atoms in total. The molecule has 3 aromatic rings. The van der Waals surface area contributed by atoms with Gasteiger partial charge in [0, 0.05) is 15.8 Å². The Labute approximate surface area is 169 Å². The van der Waals surface area contributed by atoms with E-state index in [1.165, 1.54) is 24.4 Å².